The van der Waals surface area contributed by atoms with Gasteiger partial charge in [0.05, 0.1) is 29.2 Å². The van der Waals surface area contributed by atoms with Gasteiger partial charge in [-0.3, -0.25) is 19.3 Å². The molecule has 0 aromatic heterocycles. The van der Waals surface area contributed by atoms with Gasteiger partial charge in [0, 0.05) is 5.92 Å². The highest BCUT2D eigenvalue weighted by Crippen LogP contribution is 2.56. The molecule has 3 aliphatic rings. The summed E-state index contributed by atoms with van der Waals surface area (Å²) in [5, 5.41) is 59.1. The van der Waals surface area contributed by atoms with Crippen molar-refractivity contribution < 1.29 is 39.9 Å². The van der Waals surface area contributed by atoms with Crippen molar-refractivity contribution in [3.8, 4) is 5.75 Å². The minimum atomic E-state index is -2.98. The number of phenolic OH excluding ortho intramolecular Hbond substituents is 1. The van der Waals surface area contributed by atoms with Crippen molar-refractivity contribution in [2.75, 3.05) is 14.1 Å². The van der Waals surface area contributed by atoms with E-state index in [0.717, 1.165) is 10.8 Å². The fraction of sp³-hybridized carbons (Fsp3) is 0.219. The fourth-order valence-electron chi connectivity index (χ4n) is 6.79. The van der Waals surface area contributed by atoms with Gasteiger partial charge in [0.2, 0.25) is 5.78 Å². The SMILES string of the molecule is CN(C)[C@H]1C(=O)C(C(N)=O)=C(O)[C@@]2(O)C(=O)C3=C(O)c4c(O)cccc4/C(=C\c4ccc5ccccc5c4)[C@@H]3[C@H](O)[C@H]12. The molecule has 3 aromatic carbocycles. The summed E-state index contributed by atoms with van der Waals surface area (Å²) in [7, 11) is 2.92. The van der Waals surface area contributed by atoms with Gasteiger partial charge in [-0.2, -0.15) is 0 Å². The molecular weight excluding hydrogens is 540 g/mol. The van der Waals surface area contributed by atoms with E-state index in [1.807, 2.05) is 42.5 Å². The Bertz CT molecular complexity index is 1820. The van der Waals surface area contributed by atoms with Crippen molar-refractivity contribution in [1.82, 2.24) is 4.90 Å². The minimum absolute atomic E-state index is 0.104. The number of aliphatic hydroxyl groups is 4. The summed E-state index contributed by atoms with van der Waals surface area (Å²) in [6, 6.07) is 16.3. The standard InChI is InChI=1S/C32H28N2O8/c1-34(2)25-24-27(37)21-18(13-14-10-11-15-6-3-4-7-16(15)12-14)17-8-5-9-19(35)20(17)26(36)22(21)29(39)32(24,42)30(40)23(28(25)38)31(33)41/h3-13,21,24-25,27,35-37,40,42H,1-2H3,(H2,33,41)/b18-13+/t21-,24-,25+,27-,32-/m0/s1. The molecule has 0 radical (unpaired) electrons. The average molecular weight is 569 g/mol. The van der Waals surface area contributed by atoms with E-state index < -0.39 is 69.7 Å². The molecule has 0 spiro atoms. The van der Waals surface area contributed by atoms with Gasteiger partial charge in [0.1, 0.15) is 22.8 Å². The summed E-state index contributed by atoms with van der Waals surface area (Å²) in [6.45, 7) is 0. The number of aliphatic hydroxyl groups excluding tert-OH is 3. The Labute approximate surface area is 239 Å². The molecule has 6 rings (SSSR count). The Balaban J connectivity index is 1.66. The van der Waals surface area contributed by atoms with Crippen LogP contribution in [0.3, 0.4) is 0 Å². The first-order valence-electron chi connectivity index (χ1n) is 13.2. The van der Waals surface area contributed by atoms with Crippen LogP contribution in [-0.2, 0) is 14.4 Å². The maximum atomic E-state index is 14.3. The molecule has 0 saturated heterocycles. The van der Waals surface area contributed by atoms with Crippen molar-refractivity contribution in [3.05, 3.63) is 94.3 Å². The number of phenols is 1. The predicted octanol–water partition coefficient (Wildman–Crippen LogP) is 2.09. The lowest BCUT2D eigenvalue weighted by Gasteiger charge is -2.53. The van der Waals surface area contributed by atoms with E-state index in [4.69, 9.17) is 5.73 Å². The quantitative estimate of drug-likeness (QED) is 0.258. The molecule has 1 fully saturated rings. The molecule has 3 aliphatic carbocycles. The van der Waals surface area contributed by atoms with Crippen molar-refractivity contribution in [1.29, 1.82) is 0 Å². The molecule has 42 heavy (non-hydrogen) atoms. The van der Waals surface area contributed by atoms with Crippen LogP contribution in [0.1, 0.15) is 16.7 Å². The van der Waals surface area contributed by atoms with Crippen LogP contribution in [0.15, 0.2) is 77.6 Å². The summed E-state index contributed by atoms with van der Waals surface area (Å²) in [5.74, 6) is -8.84. The van der Waals surface area contributed by atoms with Gasteiger partial charge in [-0.1, -0.05) is 54.6 Å². The highest BCUT2D eigenvalue weighted by Gasteiger charge is 2.68. The Hall–Kier alpha value is -4.77. The number of fused-ring (bicyclic) bond motifs is 4. The maximum absolute atomic E-state index is 14.3. The second kappa shape index (κ2) is 9.38. The Morgan fingerprint density at radius 2 is 1.67 bits per heavy atom. The number of primary amides is 1. The average Bonchev–Trinajstić information content (AvgIpc) is 2.94. The summed E-state index contributed by atoms with van der Waals surface area (Å²) in [4.78, 5) is 41.2. The number of hydrogen-bond acceptors (Lipinski definition) is 9. The van der Waals surface area contributed by atoms with E-state index >= 15 is 0 Å². The van der Waals surface area contributed by atoms with Crippen LogP contribution >= 0.6 is 0 Å². The molecule has 214 valence electrons. The summed E-state index contributed by atoms with van der Waals surface area (Å²) in [5.41, 5.74) is 2.19. The lowest BCUT2D eigenvalue weighted by atomic mass is 9.55. The first-order chi connectivity index (χ1) is 19.9. The van der Waals surface area contributed by atoms with E-state index in [1.54, 1.807) is 18.2 Å². The first-order valence-corrected chi connectivity index (χ1v) is 13.2. The second-order valence-corrected chi connectivity index (χ2v) is 11.1. The molecule has 10 nitrogen and oxygen atoms in total. The van der Waals surface area contributed by atoms with E-state index in [-0.39, 0.29) is 11.3 Å². The molecule has 5 atom stereocenters. The molecular formula is C32H28N2O8. The number of carbonyl (C=O) groups is 3. The topological polar surface area (TPSA) is 182 Å². The van der Waals surface area contributed by atoms with Crippen LogP contribution in [0, 0.1) is 11.8 Å². The van der Waals surface area contributed by atoms with Crippen LogP contribution in [0.25, 0.3) is 28.2 Å². The molecule has 0 bridgehead atoms. The van der Waals surface area contributed by atoms with Crippen LogP contribution in [0.2, 0.25) is 0 Å². The van der Waals surface area contributed by atoms with Crippen LogP contribution in [-0.4, -0.2) is 79.7 Å². The van der Waals surface area contributed by atoms with Crippen LogP contribution in [0.5, 0.6) is 5.75 Å². The maximum Gasteiger partial charge on any atom is 0.255 e. The Morgan fingerprint density at radius 1 is 0.976 bits per heavy atom. The number of benzene rings is 3. The largest absolute Gasteiger partial charge is 0.508 e. The zero-order valence-electron chi connectivity index (χ0n) is 22.6. The number of carbonyl (C=O) groups excluding carboxylic acids is 3. The normalized spacial score (nSPS) is 28.3. The van der Waals surface area contributed by atoms with Gasteiger partial charge >= 0.3 is 0 Å². The fourth-order valence-corrected chi connectivity index (χ4v) is 6.79. The molecule has 1 amide bonds. The third kappa shape index (κ3) is 3.59. The van der Waals surface area contributed by atoms with Crippen molar-refractivity contribution in [3.63, 3.8) is 0 Å². The zero-order chi connectivity index (χ0) is 30.2. The second-order valence-electron chi connectivity index (χ2n) is 11.1. The third-order valence-electron chi connectivity index (χ3n) is 8.63. The van der Waals surface area contributed by atoms with Gasteiger partial charge in [0.15, 0.2) is 11.4 Å². The van der Waals surface area contributed by atoms with Gasteiger partial charge in [-0.25, -0.2) is 0 Å². The molecule has 3 aromatic rings. The van der Waals surface area contributed by atoms with Crippen LogP contribution < -0.4 is 5.73 Å². The summed E-state index contributed by atoms with van der Waals surface area (Å²) in [6.07, 6.45) is -0.0253. The number of likely N-dealkylation sites (N-methyl/N-ethyl adjacent to an activating group) is 1. The van der Waals surface area contributed by atoms with Gasteiger partial charge in [0.25, 0.3) is 5.91 Å². The smallest absolute Gasteiger partial charge is 0.255 e. The van der Waals surface area contributed by atoms with Crippen molar-refractivity contribution in [2.45, 2.75) is 17.7 Å². The number of amides is 1. The Kier molecular flexibility index (Phi) is 6.12. The molecule has 0 heterocycles. The lowest BCUT2D eigenvalue weighted by molar-refractivity contribution is -0.166. The van der Waals surface area contributed by atoms with Gasteiger partial charge in [-0.05, 0) is 53.7 Å². The van der Waals surface area contributed by atoms with E-state index in [1.165, 1.54) is 25.1 Å². The Morgan fingerprint density at radius 3 is 2.33 bits per heavy atom. The van der Waals surface area contributed by atoms with Crippen LogP contribution in [0.4, 0.5) is 0 Å². The molecule has 0 aliphatic heterocycles. The number of nitrogens with two attached hydrogens (primary N) is 1. The number of hydrogen-bond donors (Lipinski definition) is 6. The third-order valence-corrected chi connectivity index (χ3v) is 8.63. The van der Waals surface area contributed by atoms with E-state index in [0.29, 0.717) is 16.7 Å². The predicted molar refractivity (Wildman–Crippen MR) is 154 cm³/mol. The van der Waals surface area contributed by atoms with Gasteiger partial charge < -0.3 is 31.3 Å². The molecule has 7 N–H and O–H groups in total. The number of aromatic hydroxyl groups is 1. The monoisotopic (exact) mass is 568 g/mol. The van der Waals surface area contributed by atoms with Crippen molar-refractivity contribution in [2.24, 2.45) is 17.6 Å². The highest BCUT2D eigenvalue weighted by atomic mass is 16.4. The summed E-state index contributed by atoms with van der Waals surface area (Å²) < 4.78 is 0. The number of rotatable bonds is 3. The lowest BCUT2D eigenvalue weighted by Crippen LogP contribution is -2.70. The number of nitrogens with zero attached hydrogens (tertiary/aromatic N) is 1. The highest BCUT2D eigenvalue weighted by molar-refractivity contribution is 6.25. The molecule has 0 unspecified atom stereocenters. The van der Waals surface area contributed by atoms with Gasteiger partial charge in [-0.15, -0.1) is 0 Å². The zero-order valence-corrected chi connectivity index (χ0v) is 22.6. The minimum Gasteiger partial charge on any atom is -0.508 e. The summed E-state index contributed by atoms with van der Waals surface area (Å²) >= 11 is 0. The van der Waals surface area contributed by atoms with E-state index in [2.05, 4.69) is 0 Å². The van der Waals surface area contributed by atoms with E-state index in [9.17, 15) is 39.9 Å². The molecule has 10 heteroatoms. The van der Waals surface area contributed by atoms with Crippen molar-refractivity contribution >= 4 is 45.7 Å². The molecule has 1 saturated carbocycles. The first kappa shape index (κ1) is 27.4. The number of Topliss-reactive ketones (excluding diaryl/α,β-unsaturated/α-hetero) is 2. The number of ketones is 2.